The number of carbonyl (C=O) groups excluding carboxylic acids is 3. The van der Waals surface area contributed by atoms with Gasteiger partial charge < -0.3 is 20.5 Å². The molecule has 1 aliphatic carbocycles. The first-order valence-corrected chi connectivity index (χ1v) is 13.6. The predicted molar refractivity (Wildman–Crippen MR) is 141 cm³/mol. The van der Waals surface area contributed by atoms with Crippen LogP contribution in [0.25, 0.3) is 10.9 Å². The van der Waals surface area contributed by atoms with Crippen molar-refractivity contribution in [1.29, 1.82) is 5.26 Å². The van der Waals surface area contributed by atoms with E-state index in [0.29, 0.717) is 30.1 Å². The zero-order valence-corrected chi connectivity index (χ0v) is 22.2. The van der Waals surface area contributed by atoms with Crippen LogP contribution in [-0.4, -0.2) is 51.8 Å². The van der Waals surface area contributed by atoms with E-state index >= 15 is 0 Å². The van der Waals surface area contributed by atoms with Gasteiger partial charge in [-0.25, -0.2) is 0 Å². The lowest BCUT2D eigenvalue weighted by atomic mass is 9.72. The van der Waals surface area contributed by atoms with Crippen molar-refractivity contribution in [2.24, 2.45) is 11.3 Å². The number of hydrogen-bond donors (Lipinski definition) is 3. The van der Waals surface area contributed by atoms with E-state index in [9.17, 15) is 19.6 Å². The summed E-state index contributed by atoms with van der Waals surface area (Å²) in [5.74, 6) is -0.958. The predicted octanol–water partition coefficient (Wildman–Crippen LogP) is 4.30. The molecule has 2 saturated heterocycles. The van der Waals surface area contributed by atoms with E-state index in [1.807, 2.05) is 19.9 Å². The summed E-state index contributed by atoms with van der Waals surface area (Å²) in [5, 5.41) is 17.1. The lowest BCUT2D eigenvalue weighted by Crippen LogP contribution is -2.49. The van der Waals surface area contributed by atoms with Gasteiger partial charge >= 0.3 is 0 Å². The molecule has 3 N–H and O–H groups in total. The van der Waals surface area contributed by atoms with Crippen molar-refractivity contribution < 1.29 is 14.4 Å². The first-order valence-electron chi connectivity index (χ1n) is 13.2. The second kappa shape index (κ2) is 9.68. The summed E-state index contributed by atoms with van der Waals surface area (Å²) in [6.45, 7) is 4.43. The summed E-state index contributed by atoms with van der Waals surface area (Å²) in [4.78, 5) is 44.6. The number of carbonyl (C=O) groups is 3. The molecule has 196 valence electrons. The fraction of sp³-hybridized carbons (Fsp3) is 0.571. The van der Waals surface area contributed by atoms with Crippen molar-refractivity contribution in [2.75, 3.05) is 6.54 Å². The molecule has 1 saturated carbocycles. The monoisotopic (exact) mass is 523 g/mol. The van der Waals surface area contributed by atoms with E-state index in [0.717, 1.165) is 36.6 Å². The van der Waals surface area contributed by atoms with E-state index in [1.54, 1.807) is 23.1 Å². The molecule has 3 fully saturated rings. The molecule has 1 aromatic carbocycles. The zero-order chi connectivity index (χ0) is 26.4. The maximum Gasteiger partial charge on any atom is 0.271 e. The van der Waals surface area contributed by atoms with Crippen molar-refractivity contribution in [3.63, 3.8) is 0 Å². The number of rotatable bonds is 5. The maximum absolute atomic E-state index is 13.8. The maximum atomic E-state index is 13.8. The number of H-pyrrole nitrogens is 1. The molecular formula is C28H34ClN5O3. The first kappa shape index (κ1) is 25.6. The van der Waals surface area contributed by atoms with Gasteiger partial charge in [-0.3, -0.25) is 14.4 Å². The van der Waals surface area contributed by atoms with Gasteiger partial charge in [-0.1, -0.05) is 36.9 Å². The molecular weight excluding hydrogens is 490 g/mol. The van der Waals surface area contributed by atoms with Gasteiger partial charge in [-0.2, -0.15) is 5.26 Å². The smallest absolute Gasteiger partial charge is 0.271 e. The Kier molecular flexibility index (Phi) is 6.70. The number of halogens is 1. The van der Waals surface area contributed by atoms with Crippen LogP contribution in [0.15, 0.2) is 24.3 Å². The Morgan fingerprint density at radius 3 is 2.65 bits per heavy atom. The largest absolute Gasteiger partial charge is 0.351 e. The van der Waals surface area contributed by atoms with Crippen LogP contribution in [-0.2, 0) is 9.59 Å². The quantitative estimate of drug-likeness (QED) is 0.541. The lowest BCUT2D eigenvalue weighted by Gasteiger charge is -2.32. The van der Waals surface area contributed by atoms with Gasteiger partial charge in [0.1, 0.15) is 17.8 Å². The summed E-state index contributed by atoms with van der Waals surface area (Å²) in [5.41, 5.74) is 0.788. The third-order valence-corrected chi connectivity index (χ3v) is 8.62. The van der Waals surface area contributed by atoms with Crippen molar-refractivity contribution in [2.45, 2.75) is 82.8 Å². The van der Waals surface area contributed by atoms with Crippen LogP contribution >= 0.6 is 11.6 Å². The van der Waals surface area contributed by atoms with Crippen molar-refractivity contribution >= 4 is 40.2 Å². The SMILES string of the molecule is CC1(C)C[C@@H](C[C@@H](C#N)NC(=O)C2CC3(CCCCC3)CN2C(=O)c2cc3ccc(Cl)cc3[nH]2)C(=O)N1. The van der Waals surface area contributed by atoms with E-state index in [4.69, 9.17) is 11.6 Å². The van der Waals surface area contributed by atoms with E-state index in [2.05, 4.69) is 21.7 Å². The first-order chi connectivity index (χ1) is 17.6. The third-order valence-electron chi connectivity index (χ3n) is 8.38. The van der Waals surface area contributed by atoms with Gasteiger partial charge in [0.2, 0.25) is 11.8 Å². The van der Waals surface area contributed by atoms with Crippen LogP contribution in [0.2, 0.25) is 5.02 Å². The number of hydrogen-bond acceptors (Lipinski definition) is 4. The average molecular weight is 524 g/mol. The van der Waals surface area contributed by atoms with E-state index in [1.165, 1.54) is 6.42 Å². The molecule has 1 unspecified atom stereocenters. The van der Waals surface area contributed by atoms with Crippen molar-refractivity contribution in [3.05, 3.63) is 35.0 Å². The fourth-order valence-electron chi connectivity index (χ4n) is 6.62. The fourth-order valence-corrected chi connectivity index (χ4v) is 6.79. The average Bonchev–Trinajstić information content (AvgIpc) is 3.51. The number of benzene rings is 1. The van der Waals surface area contributed by atoms with Gasteiger partial charge in [0.25, 0.3) is 5.91 Å². The number of likely N-dealkylation sites (tertiary alicyclic amines) is 1. The van der Waals surface area contributed by atoms with Crippen molar-refractivity contribution in [3.8, 4) is 6.07 Å². The van der Waals surface area contributed by atoms with Crippen LogP contribution in [0.5, 0.6) is 0 Å². The van der Waals surface area contributed by atoms with Crippen LogP contribution < -0.4 is 10.6 Å². The lowest BCUT2D eigenvalue weighted by molar-refractivity contribution is -0.126. The number of fused-ring (bicyclic) bond motifs is 1. The summed E-state index contributed by atoms with van der Waals surface area (Å²) in [6.07, 6.45) is 6.79. The molecule has 2 aromatic rings. The van der Waals surface area contributed by atoms with Gasteiger partial charge in [0, 0.05) is 33.9 Å². The Morgan fingerprint density at radius 1 is 1.22 bits per heavy atom. The molecule has 3 heterocycles. The minimum Gasteiger partial charge on any atom is -0.351 e. The number of amides is 3. The Hall–Kier alpha value is -3.05. The molecule has 3 amide bonds. The number of nitrogens with one attached hydrogen (secondary N) is 3. The Morgan fingerprint density at radius 2 is 1.97 bits per heavy atom. The number of nitrogens with zero attached hydrogens (tertiary/aromatic N) is 2. The number of aromatic nitrogens is 1. The second-order valence-electron chi connectivity index (χ2n) is 11.8. The minimum absolute atomic E-state index is 0.0806. The van der Waals surface area contributed by atoms with Gasteiger partial charge in [0.05, 0.1) is 6.07 Å². The molecule has 3 atom stereocenters. The summed E-state index contributed by atoms with van der Waals surface area (Å²) < 4.78 is 0. The molecule has 2 aliphatic heterocycles. The molecule has 1 aromatic heterocycles. The molecule has 37 heavy (non-hydrogen) atoms. The zero-order valence-electron chi connectivity index (χ0n) is 21.4. The normalized spacial score (nSPS) is 25.1. The van der Waals surface area contributed by atoms with E-state index in [-0.39, 0.29) is 41.0 Å². The van der Waals surface area contributed by atoms with E-state index < -0.39 is 12.1 Å². The second-order valence-corrected chi connectivity index (χ2v) is 12.3. The Bertz CT molecular complexity index is 1270. The van der Waals surface area contributed by atoms with Crippen LogP contribution in [0.3, 0.4) is 0 Å². The molecule has 3 aliphatic rings. The molecule has 8 nitrogen and oxygen atoms in total. The summed E-state index contributed by atoms with van der Waals surface area (Å²) in [7, 11) is 0. The summed E-state index contributed by atoms with van der Waals surface area (Å²) in [6, 6.07) is 7.93. The standard InChI is InChI=1S/C28H34ClN5O3/c1-27(2)13-18(24(35)33-27)10-20(15-30)31-25(36)23-14-28(8-4-3-5-9-28)16-34(23)26(37)22-11-17-6-7-19(29)12-21(17)32-22/h6-7,11-12,18,20,23,32H,3-5,8-10,13-14,16H2,1-2H3,(H,31,36)(H,33,35)/t18-,20+,23?/m1/s1. The van der Waals surface area contributed by atoms with Crippen LogP contribution in [0.4, 0.5) is 0 Å². The topological polar surface area (TPSA) is 118 Å². The van der Waals surface area contributed by atoms with Crippen LogP contribution in [0, 0.1) is 22.7 Å². The Balaban J connectivity index is 1.36. The van der Waals surface area contributed by atoms with Gasteiger partial charge in [-0.15, -0.1) is 0 Å². The Labute approximate surface area is 222 Å². The molecule has 1 spiro atoms. The van der Waals surface area contributed by atoms with Crippen LogP contribution in [0.1, 0.15) is 75.7 Å². The van der Waals surface area contributed by atoms with Crippen molar-refractivity contribution in [1.82, 2.24) is 20.5 Å². The molecule has 0 radical (unpaired) electrons. The highest BCUT2D eigenvalue weighted by atomic mass is 35.5. The number of nitriles is 1. The minimum atomic E-state index is -0.799. The highest BCUT2D eigenvalue weighted by Gasteiger charge is 2.49. The number of aromatic amines is 1. The van der Waals surface area contributed by atoms with Gasteiger partial charge in [-0.05, 0) is 69.6 Å². The molecule has 0 bridgehead atoms. The third kappa shape index (κ3) is 5.19. The van der Waals surface area contributed by atoms with Gasteiger partial charge in [0.15, 0.2) is 0 Å². The molecule has 5 rings (SSSR count). The highest BCUT2D eigenvalue weighted by molar-refractivity contribution is 6.31. The molecule has 9 heteroatoms. The summed E-state index contributed by atoms with van der Waals surface area (Å²) >= 11 is 6.12. The highest BCUT2D eigenvalue weighted by Crippen LogP contribution is 2.46.